The van der Waals surface area contributed by atoms with Gasteiger partial charge in [-0.15, -0.1) is 18.3 Å². The second kappa shape index (κ2) is 9.63. The predicted octanol–water partition coefficient (Wildman–Crippen LogP) is 2.30. The van der Waals surface area contributed by atoms with Gasteiger partial charge in [0.1, 0.15) is 5.82 Å². The number of thioether (sulfide) groups is 1. The lowest BCUT2D eigenvalue weighted by Gasteiger charge is -2.10. The zero-order valence-electron chi connectivity index (χ0n) is 14.2. The van der Waals surface area contributed by atoms with Crippen LogP contribution < -0.4 is 16.4 Å². The van der Waals surface area contributed by atoms with E-state index >= 15 is 0 Å². The van der Waals surface area contributed by atoms with Gasteiger partial charge in [-0.05, 0) is 18.1 Å². The molecule has 0 unspecified atom stereocenters. The fraction of sp³-hybridized carbons (Fsp3) is 0.294. The van der Waals surface area contributed by atoms with Crippen LogP contribution in [0, 0.1) is 0 Å². The molecule has 0 aliphatic rings. The highest BCUT2D eigenvalue weighted by Gasteiger charge is 2.08. The molecule has 1 aromatic carbocycles. The second-order valence-corrected chi connectivity index (χ2v) is 6.14. The lowest BCUT2D eigenvalue weighted by atomic mass is 10.1. The van der Waals surface area contributed by atoms with Crippen LogP contribution in [0.25, 0.3) is 0 Å². The number of nitrogens with two attached hydrogens (primary N) is 1. The molecule has 132 valence electrons. The number of hydrogen-bond donors (Lipinski definition) is 3. The molecule has 0 saturated carbocycles. The first-order valence-electron chi connectivity index (χ1n) is 7.93. The molecule has 25 heavy (non-hydrogen) atoms. The number of para-hydroxylation sites is 1. The molecule has 2 aromatic rings. The first kappa shape index (κ1) is 18.7. The van der Waals surface area contributed by atoms with Gasteiger partial charge in [-0.3, -0.25) is 4.79 Å². The number of amides is 1. The minimum Gasteiger partial charge on any atom is -0.368 e. The highest BCUT2D eigenvalue weighted by Crippen LogP contribution is 2.20. The fourth-order valence-electron chi connectivity index (χ4n) is 2.10. The number of nitrogens with one attached hydrogen (secondary N) is 2. The molecule has 0 saturated heterocycles. The van der Waals surface area contributed by atoms with Crippen molar-refractivity contribution in [3.63, 3.8) is 0 Å². The topological polar surface area (TPSA) is 106 Å². The van der Waals surface area contributed by atoms with Crippen LogP contribution in [0.3, 0.4) is 0 Å². The SMILES string of the molecule is C=CCNC(=O)CSCc1nc(N)nc(Nc2ccccc2CC)n1. The lowest BCUT2D eigenvalue weighted by Crippen LogP contribution is -2.25. The van der Waals surface area contributed by atoms with Crippen LogP contribution >= 0.6 is 11.8 Å². The number of rotatable bonds is 9. The van der Waals surface area contributed by atoms with E-state index < -0.39 is 0 Å². The monoisotopic (exact) mass is 358 g/mol. The van der Waals surface area contributed by atoms with Gasteiger partial charge in [-0.2, -0.15) is 15.0 Å². The molecular formula is C17H22N6OS. The third kappa shape index (κ3) is 6.07. The fourth-order valence-corrected chi connectivity index (χ4v) is 2.80. The summed E-state index contributed by atoms with van der Waals surface area (Å²) in [4.78, 5) is 24.2. The van der Waals surface area contributed by atoms with Crippen LogP contribution in [0.4, 0.5) is 17.6 Å². The Morgan fingerprint density at radius 2 is 2.12 bits per heavy atom. The number of carbonyl (C=O) groups excluding carboxylic acids is 1. The summed E-state index contributed by atoms with van der Waals surface area (Å²) in [6.07, 6.45) is 2.54. The van der Waals surface area contributed by atoms with Crippen molar-refractivity contribution in [3.05, 3.63) is 48.3 Å². The Labute approximate surface area is 151 Å². The molecular weight excluding hydrogens is 336 g/mol. The second-order valence-electron chi connectivity index (χ2n) is 5.15. The van der Waals surface area contributed by atoms with Gasteiger partial charge in [-0.1, -0.05) is 31.2 Å². The summed E-state index contributed by atoms with van der Waals surface area (Å²) in [6.45, 7) is 6.10. The minimum absolute atomic E-state index is 0.0536. The largest absolute Gasteiger partial charge is 0.368 e. The number of nitrogens with zero attached hydrogens (tertiary/aromatic N) is 3. The zero-order valence-corrected chi connectivity index (χ0v) is 15.0. The molecule has 0 fully saturated rings. The number of aromatic nitrogens is 3. The number of nitrogen functional groups attached to an aromatic ring is 1. The van der Waals surface area contributed by atoms with Crippen LogP contribution in [-0.4, -0.2) is 33.2 Å². The lowest BCUT2D eigenvalue weighted by molar-refractivity contribution is -0.118. The van der Waals surface area contributed by atoms with Gasteiger partial charge in [0.2, 0.25) is 17.8 Å². The van der Waals surface area contributed by atoms with Crippen molar-refractivity contribution in [3.8, 4) is 0 Å². The quantitative estimate of drug-likeness (QED) is 0.591. The van der Waals surface area contributed by atoms with Crippen molar-refractivity contribution >= 4 is 35.3 Å². The summed E-state index contributed by atoms with van der Waals surface area (Å²) < 4.78 is 0. The molecule has 0 aliphatic heterocycles. The van der Waals surface area contributed by atoms with Gasteiger partial charge in [-0.25, -0.2) is 0 Å². The van der Waals surface area contributed by atoms with Gasteiger partial charge >= 0.3 is 0 Å². The van der Waals surface area contributed by atoms with Crippen molar-refractivity contribution < 1.29 is 4.79 Å². The Bertz CT molecular complexity index is 737. The number of hydrogen-bond acceptors (Lipinski definition) is 7. The van der Waals surface area contributed by atoms with Crippen LogP contribution in [0.1, 0.15) is 18.3 Å². The Balaban J connectivity index is 2.00. The molecule has 7 nitrogen and oxygen atoms in total. The van der Waals surface area contributed by atoms with Gasteiger partial charge in [0.15, 0.2) is 0 Å². The summed E-state index contributed by atoms with van der Waals surface area (Å²) in [6, 6.07) is 7.96. The van der Waals surface area contributed by atoms with E-state index in [1.54, 1.807) is 6.08 Å². The highest BCUT2D eigenvalue weighted by atomic mass is 32.2. The first-order chi connectivity index (χ1) is 12.1. The summed E-state index contributed by atoms with van der Waals surface area (Å²) in [7, 11) is 0. The van der Waals surface area contributed by atoms with Crippen LogP contribution in [0.5, 0.6) is 0 Å². The summed E-state index contributed by atoms with van der Waals surface area (Å²) in [5, 5.41) is 5.91. The smallest absolute Gasteiger partial charge is 0.232 e. The van der Waals surface area contributed by atoms with E-state index in [0.29, 0.717) is 29.8 Å². The normalized spacial score (nSPS) is 10.3. The van der Waals surface area contributed by atoms with Gasteiger partial charge in [0.25, 0.3) is 0 Å². The molecule has 0 aliphatic carbocycles. The standard InChI is InChI=1S/C17H22N6OS/c1-3-9-19-15(24)11-25-10-14-21-16(18)23-17(22-14)20-13-8-6-5-7-12(13)4-2/h3,5-8H,1,4,9-11H2,2H3,(H,19,24)(H3,18,20,21,22,23). The van der Waals surface area contributed by atoms with Gasteiger partial charge in [0.05, 0.1) is 11.5 Å². The summed E-state index contributed by atoms with van der Waals surface area (Å²) in [5.41, 5.74) is 7.88. The Morgan fingerprint density at radius 1 is 1.32 bits per heavy atom. The molecule has 1 amide bonds. The molecule has 1 aromatic heterocycles. The van der Waals surface area contributed by atoms with Crippen molar-refractivity contribution in [1.29, 1.82) is 0 Å². The molecule has 0 atom stereocenters. The summed E-state index contributed by atoms with van der Waals surface area (Å²) >= 11 is 1.41. The van der Waals surface area contributed by atoms with E-state index in [-0.39, 0.29) is 11.9 Å². The third-order valence-electron chi connectivity index (χ3n) is 3.25. The molecule has 0 spiro atoms. The molecule has 8 heteroatoms. The molecule has 0 bridgehead atoms. The third-order valence-corrected chi connectivity index (χ3v) is 4.18. The maximum atomic E-state index is 11.6. The van der Waals surface area contributed by atoms with Crippen molar-refractivity contribution in [2.45, 2.75) is 19.1 Å². The number of aryl methyl sites for hydroxylation is 1. The molecule has 4 N–H and O–H groups in total. The highest BCUT2D eigenvalue weighted by molar-refractivity contribution is 7.99. The van der Waals surface area contributed by atoms with Crippen LogP contribution in [0.15, 0.2) is 36.9 Å². The first-order valence-corrected chi connectivity index (χ1v) is 9.08. The maximum absolute atomic E-state index is 11.6. The van der Waals surface area contributed by atoms with E-state index in [2.05, 4.69) is 39.1 Å². The molecule has 1 heterocycles. The average molecular weight is 358 g/mol. The minimum atomic E-state index is -0.0536. The van der Waals surface area contributed by atoms with Gasteiger partial charge < -0.3 is 16.4 Å². The van der Waals surface area contributed by atoms with Gasteiger partial charge in [0, 0.05) is 12.2 Å². The number of benzene rings is 1. The number of carbonyl (C=O) groups is 1. The molecule has 2 rings (SSSR count). The maximum Gasteiger partial charge on any atom is 0.232 e. The van der Waals surface area contributed by atoms with Crippen LogP contribution in [-0.2, 0) is 17.0 Å². The Kier molecular flexibility index (Phi) is 7.21. The van der Waals surface area contributed by atoms with Crippen LogP contribution in [0.2, 0.25) is 0 Å². The Hall–Kier alpha value is -2.61. The number of anilines is 3. The van der Waals surface area contributed by atoms with Crippen molar-refractivity contribution in [2.75, 3.05) is 23.3 Å². The predicted molar refractivity (Wildman–Crippen MR) is 103 cm³/mol. The van der Waals surface area contributed by atoms with E-state index in [1.807, 2.05) is 24.3 Å². The van der Waals surface area contributed by atoms with E-state index in [1.165, 1.54) is 11.8 Å². The van der Waals surface area contributed by atoms with Crippen molar-refractivity contribution in [1.82, 2.24) is 20.3 Å². The van der Waals surface area contributed by atoms with E-state index in [4.69, 9.17) is 5.73 Å². The summed E-state index contributed by atoms with van der Waals surface area (Å²) in [5.74, 6) is 1.82. The molecule has 0 radical (unpaired) electrons. The van der Waals surface area contributed by atoms with E-state index in [9.17, 15) is 4.79 Å². The zero-order chi connectivity index (χ0) is 18.1. The van der Waals surface area contributed by atoms with E-state index in [0.717, 1.165) is 17.7 Å². The Morgan fingerprint density at radius 3 is 2.88 bits per heavy atom. The average Bonchev–Trinajstić information content (AvgIpc) is 2.60. The van der Waals surface area contributed by atoms with Crippen molar-refractivity contribution in [2.24, 2.45) is 0 Å².